The molecule has 1 saturated heterocycles. The molecular formula is C15H21FN2O. The zero-order valence-electron chi connectivity index (χ0n) is 11.5. The largest absolute Gasteiger partial charge is 0.316 e. The first-order valence-electron chi connectivity index (χ1n) is 6.92. The van der Waals surface area contributed by atoms with Crippen LogP contribution in [0.3, 0.4) is 0 Å². The van der Waals surface area contributed by atoms with E-state index in [1.165, 1.54) is 6.07 Å². The first-order chi connectivity index (χ1) is 9.15. The number of rotatable bonds is 3. The van der Waals surface area contributed by atoms with Gasteiger partial charge in [0.1, 0.15) is 5.82 Å². The lowest BCUT2D eigenvalue weighted by Gasteiger charge is -2.39. The summed E-state index contributed by atoms with van der Waals surface area (Å²) in [5.74, 6) is -0.0114. The van der Waals surface area contributed by atoms with E-state index in [4.69, 9.17) is 0 Å². The summed E-state index contributed by atoms with van der Waals surface area (Å²) < 4.78 is 14.0. The number of benzene rings is 1. The number of anilines is 1. The Balaban J connectivity index is 2.36. The molecule has 0 bridgehead atoms. The molecule has 1 aliphatic rings. The molecule has 4 heteroatoms. The predicted molar refractivity (Wildman–Crippen MR) is 74.6 cm³/mol. The van der Waals surface area contributed by atoms with Crippen LogP contribution in [0.2, 0.25) is 0 Å². The second-order valence-corrected chi connectivity index (χ2v) is 5.11. The van der Waals surface area contributed by atoms with E-state index < -0.39 is 0 Å². The molecule has 1 aromatic carbocycles. The van der Waals surface area contributed by atoms with E-state index in [1.54, 1.807) is 23.1 Å². The zero-order valence-corrected chi connectivity index (χ0v) is 11.5. The molecule has 2 atom stereocenters. The molecule has 1 heterocycles. The highest BCUT2D eigenvalue weighted by molar-refractivity contribution is 5.94. The summed E-state index contributed by atoms with van der Waals surface area (Å²) in [5.41, 5.74) is 0.410. The summed E-state index contributed by atoms with van der Waals surface area (Å²) in [6.07, 6.45) is 1.26. The molecule has 19 heavy (non-hydrogen) atoms. The van der Waals surface area contributed by atoms with E-state index in [1.807, 2.05) is 6.92 Å². The number of nitrogens with zero attached hydrogens (tertiary/aromatic N) is 1. The van der Waals surface area contributed by atoms with Crippen molar-refractivity contribution in [1.82, 2.24) is 5.32 Å². The van der Waals surface area contributed by atoms with Gasteiger partial charge in [0.05, 0.1) is 5.69 Å². The van der Waals surface area contributed by atoms with Gasteiger partial charge < -0.3 is 10.2 Å². The molecule has 1 aliphatic heterocycles. The minimum atomic E-state index is -0.324. The van der Waals surface area contributed by atoms with E-state index in [-0.39, 0.29) is 17.8 Å². The highest BCUT2D eigenvalue weighted by atomic mass is 19.1. The molecule has 0 spiro atoms. The van der Waals surface area contributed by atoms with Crippen LogP contribution in [0.1, 0.15) is 26.7 Å². The van der Waals surface area contributed by atoms with Crippen molar-refractivity contribution in [3.8, 4) is 0 Å². The predicted octanol–water partition coefficient (Wildman–Crippen LogP) is 2.57. The fourth-order valence-corrected chi connectivity index (χ4v) is 2.70. The van der Waals surface area contributed by atoms with Crippen LogP contribution >= 0.6 is 0 Å². The minimum Gasteiger partial charge on any atom is -0.316 e. The van der Waals surface area contributed by atoms with Crippen molar-refractivity contribution >= 4 is 11.6 Å². The lowest BCUT2D eigenvalue weighted by Crippen LogP contribution is -2.51. The second kappa shape index (κ2) is 6.15. The fourth-order valence-electron chi connectivity index (χ4n) is 2.70. The Morgan fingerprint density at radius 1 is 1.47 bits per heavy atom. The Morgan fingerprint density at radius 2 is 2.21 bits per heavy atom. The highest BCUT2D eigenvalue weighted by Crippen LogP contribution is 2.27. The van der Waals surface area contributed by atoms with Gasteiger partial charge in [0.2, 0.25) is 5.91 Å². The minimum absolute atomic E-state index is 0.0103. The third kappa shape index (κ3) is 2.95. The molecule has 1 amide bonds. The van der Waals surface area contributed by atoms with Gasteiger partial charge in [0.25, 0.3) is 0 Å². The van der Waals surface area contributed by atoms with Crippen LogP contribution in [0.25, 0.3) is 0 Å². The topological polar surface area (TPSA) is 32.3 Å². The summed E-state index contributed by atoms with van der Waals surface area (Å²) in [4.78, 5) is 13.9. The number of para-hydroxylation sites is 1. The number of amides is 1. The van der Waals surface area contributed by atoms with E-state index in [2.05, 4.69) is 12.2 Å². The summed E-state index contributed by atoms with van der Waals surface area (Å²) in [5, 5.41) is 3.31. The van der Waals surface area contributed by atoms with E-state index in [0.29, 0.717) is 18.0 Å². The van der Waals surface area contributed by atoms with Crippen molar-refractivity contribution in [3.63, 3.8) is 0 Å². The normalized spacial score (nSPS) is 23.1. The number of nitrogens with one attached hydrogen (secondary N) is 1. The van der Waals surface area contributed by atoms with Crippen LogP contribution in [0.15, 0.2) is 24.3 Å². The molecular weight excluding hydrogens is 243 g/mol. The Bertz CT molecular complexity index is 450. The van der Waals surface area contributed by atoms with Gasteiger partial charge in [0.15, 0.2) is 0 Å². The van der Waals surface area contributed by atoms with Crippen LogP contribution in [0, 0.1) is 11.7 Å². The molecule has 0 aromatic heterocycles. The van der Waals surface area contributed by atoms with Crippen molar-refractivity contribution < 1.29 is 9.18 Å². The maximum absolute atomic E-state index is 14.0. The van der Waals surface area contributed by atoms with Crippen molar-refractivity contribution in [2.24, 2.45) is 5.92 Å². The summed E-state index contributed by atoms with van der Waals surface area (Å²) >= 11 is 0. The van der Waals surface area contributed by atoms with Gasteiger partial charge in [-0.3, -0.25) is 4.79 Å². The maximum atomic E-state index is 14.0. The number of piperidine rings is 1. The van der Waals surface area contributed by atoms with E-state index in [0.717, 1.165) is 19.5 Å². The average molecular weight is 264 g/mol. The summed E-state index contributed by atoms with van der Waals surface area (Å²) in [6.45, 7) is 5.67. The second-order valence-electron chi connectivity index (χ2n) is 5.11. The molecule has 2 rings (SSSR count). The van der Waals surface area contributed by atoms with Gasteiger partial charge >= 0.3 is 0 Å². The zero-order chi connectivity index (χ0) is 13.8. The Morgan fingerprint density at radius 3 is 2.84 bits per heavy atom. The Kier molecular flexibility index (Phi) is 4.53. The highest BCUT2D eigenvalue weighted by Gasteiger charge is 2.31. The molecule has 0 saturated carbocycles. The van der Waals surface area contributed by atoms with Gasteiger partial charge in [-0.2, -0.15) is 0 Å². The first-order valence-corrected chi connectivity index (χ1v) is 6.92. The maximum Gasteiger partial charge on any atom is 0.227 e. The van der Waals surface area contributed by atoms with Gasteiger partial charge in [0, 0.05) is 12.5 Å². The fraction of sp³-hybridized carbons (Fsp3) is 0.533. The number of hydrogen-bond donors (Lipinski definition) is 1. The Hall–Kier alpha value is -1.42. The van der Waals surface area contributed by atoms with Crippen molar-refractivity contribution in [2.45, 2.75) is 32.7 Å². The quantitative estimate of drug-likeness (QED) is 0.910. The van der Waals surface area contributed by atoms with Gasteiger partial charge in [-0.25, -0.2) is 4.39 Å². The molecule has 3 nitrogen and oxygen atoms in total. The smallest absolute Gasteiger partial charge is 0.227 e. The number of carbonyl (C=O) groups is 1. The van der Waals surface area contributed by atoms with Crippen LogP contribution in [0.4, 0.5) is 10.1 Å². The third-order valence-corrected chi connectivity index (χ3v) is 3.75. The van der Waals surface area contributed by atoms with Crippen molar-refractivity contribution in [3.05, 3.63) is 30.1 Å². The van der Waals surface area contributed by atoms with Gasteiger partial charge in [-0.05, 0) is 37.6 Å². The molecule has 104 valence electrons. The van der Waals surface area contributed by atoms with Crippen molar-refractivity contribution in [1.29, 1.82) is 0 Å². The third-order valence-electron chi connectivity index (χ3n) is 3.75. The lowest BCUT2D eigenvalue weighted by atomic mass is 9.93. The Labute approximate surface area is 113 Å². The molecule has 0 unspecified atom stereocenters. The number of carbonyl (C=O) groups excluding carboxylic acids is 1. The van der Waals surface area contributed by atoms with E-state index in [9.17, 15) is 9.18 Å². The van der Waals surface area contributed by atoms with Gasteiger partial charge in [-0.1, -0.05) is 26.0 Å². The van der Waals surface area contributed by atoms with E-state index >= 15 is 0 Å². The van der Waals surface area contributed by atoms with Crippen LogP contribution in [-0.2, 0) is 4.79 Å². The van der Waals surface area contributed by atoms with Crippen LogP contribution in [0.5, 0.6) is 0 Å². The molecule has 0 radical (unpaired) electrons. The monoisotopic (exact) mass is 264 g/mol. The first kappa shape index (κ1) is 14.0. The average Bonchev–Trinajstić information content (AvgIpc) is 2.43. The van der Waals surface area contributed by atoms with Crippen molar-refractivity contribution in [2.75, 3.05) is 18.0 Å². The van der Waals surface area contributed by atoms with Crippen LogP contribution in [-0.4, -0.2) is 25.0 Å². The molecule has 1 N–H and O–H groups in total. The molecule has 1 aromatic rings. The molecule has 0 aliphatic carbocycles. The number of halogens is 1. The number of hydrogen-bond acceptors (Lipinski definition) is 2. The van der Waals surface area contributed by atoms with Crippen LogP contribution < -0.4 is 10.2 Å². The molecule has 1 fully saturated rings. The standard InChI is InChI=1S/C15H21FN2O/c1-3-15(19)18(13-8-9-17-10-11(13)2)14-7-5-4-6-12(14)16/h4-7,11,13,17H,3,8-10H2,1-2H3/t11-,13+/m0/s1. The van der Waals surface area contributed by atoms with Gasteiger partial charge in [-0.15, -0.1) is 0 Å². The lowest BCUT2D eigenvalue weighted by molar-refractivity contribution is -0.119. The summed E-state index contributed by atoms with van der Waals surface area (Å²) in [6, 6.07) is 6.61. The summed E-state index contributed by atoms with van der Waals surface area (Å²) in [7, 11) is 0. The SMILES string of the molecule is CCC(=O)N(c1ccccc1F)[C@@H]1CCNC[C@@H]1C.